The minimum atomic E-state index is 0.0505. The fourth-order valence-corrected chi connectivity index (χ4v) is 6.42. The van der Waals surface area contributed by atoms with Gasteiger partial charge in [0.05, 0.1) is 0 Å². The van der Waals surface area contributed by atoms with Crippen LogP contribution in [0.3, 0.4) is 0 Å². The number of hydrogen-bond acceptors (Lipinski definition) is 2. The van der Waals surface area contributed by atoms with Crippen LogP contribution in [0, 0.1) is 11.3 Å². The SMILES string of the molecule is CC1(CO)CO[C@@]2(C)[I-]CCC[C@@H]12. The predicted octanol–water partition coefficient (Wildman–Crippen LogP) is -1.77. The summed E-state index contributed by atoms with van der Waals surface area (Å²) in [7, 11) is 0. The van der Waals surface area contributed by atoms with Crippen LogP contribution in [0.15, 0.2) is 0 Å². The molecule has 0 aromatic heterocycles. The second-order valence-corrected chi connectivity index (χ2v) is 8.59. The number of hydrogen-bond donors (Lipinski definition) is 1. The molecular weight excluding hydrogens is 279 g/mol. The van der Waals surface area contributed by atoms with Crippen LogP contribution in [0.4, 0.5) is 0 Å². The zero-order valence-electron chi connectivity index (χ0n) is 8.35. The van der Waals surface area contributed by atoms with Gasteiger partial charge in [0.2, 0.25) is 0 Å². The van der Waals surface area contributed by atoms with Crippen molar-refractivity contribution in [3.05, 3.63) is 0 Å². The normalized spacial score (nSPS) is 51.2. The van der Waals surface area contributed by atoms with Crippen LogP contribution in [-0.4, -0.2) is 26.4 Å². The van der Waals surface area contributed by atoms with Crippen LogP contribution < -0.4 is 21.2 Å². The Balaban J connectivity index is 2.21. The van der Waals surface area contributed by atoms with Gasteiger partial charge in [-0.2, -0.15) is 0 Å². The molecule has 78 valence electrons. The molecule has 2 aliphatic rings. The first-order valence-corrected chi connectivity index (χ1v) is 7.56. The summed E-state index contributed by atoms with van der Waals surface area (Å²) in [5.41, 5.74) is 0.0505. The van der Waals surface area contributed by atoms with E-state index < -0.39 is 0 Å². The molecule has 2 nitrogen and oxygen atoms in total. The van der Waals surface area contributed by atoms with E-state index in [4.69, 9.17) is 4.74 Å². The number of rotatable bonds is 1. The monoisotopic (exact) mass is 297 g/mol. The van der Waals surface area contributed by atoms with Crippen molar-refractivity contribution in [2.24, 2.45) is 11.3 Å². The Morgan fingerprint density at radius 3 is 3.00 bits per heavy atom. The molecule has 2 saturated heterocycles. The van der Waals surface area contributed by atoms with Gasteiger partial charge in [-0.25, -0.2) is 0 Å². The summed E-state index contributed by atoms with van der Waals surface area (Å²) in [6.07, 6.45) is 2.61. The summed E-state index contributed by atoms with van der Waals surface area (Å²) in [6.45, 7) is 5.50. The van der Waals surface area contributed by atoms with Crippen molar-refractivity contribution in [2.45, 2.75) is 30.3 Å². The Morgan fingerprint density at radius 1 is 1.54 bits per heavy atom. The van der Waals surface area contributed by atoms with E-state index in [1.54, 1.807) is 0 Å². The van der Waals surface area contributed by atoms with Crippen molar-refractivity contribution in [1.29, 1.82) is 0 Å². The number of alkyl halides is 2. The Bertz CT molecular complexity index is 199. The van der Waals surface area contributed by atoms with Gasteiger partial charge >= 0.3 is 90.3 Å². The fourth-order valence-electron chi connectivity index (χ4n) is 2.56. The molecule has 0 aromatic rings. The third-order valence-corrected chi connectivity index (χ3v) is 7.38. The average molecular weight is 297 g/mol. The molecule has 0 radical (unpaired) electrons. The summed E-state index contributed by atoms with van der Waals surface area (Å²) in [6, 6.07) is 0. The van der Waals surface area contributed by atoms with Crippen LogP contribution >= 0.6 is 0 Å². The van der Waals surface area contributed by atoms with Gasteiger partial charge in [-0.3, -0.25) is 0 Å². The molecule has 3 heteroatoms. The number of ether oxygens (including phenoxy) is 1. The van der Waals surface area contributed by atoms with E-state index in [2.05, 4.69) is 13.8 Å². The van der Waals surface area contributed by atoms with Crippen LogP contribution in [0.2, 0.25) is 0 Å². The first-order valence-electron chi connectivity index (χ1n) is 4.96. The van der Waals surface area contributed by atoms with Gasteiger partial charge in [-0.05, 0) is 0 Å². The third kappa shape index (κ3) is 1.53. The molecule has 0 aliphatic carbocycles. The first-order chi connectivity index (χ1) is 6.11. The van der Waals surface area contributed by atoms with Crippen molar-refractivity contribution >= 4 is 0 Å². The van der Waals surface area contributed by atoms with E-state index >= 15 is 0 Å². The predicted molar refractivity (Wildman–Crippen MR) is 47.1 cm³/mol. The Kier molecular flexibility index (Phi) is 2.62. The molecule has 13 heavy (non-hydrogen) atoms. The molecule has 1 unspecified atom stereocenters. The molecule has 3 atom stereocenters. The summed E-state index contributed by atoms with van der Waals surface area (Å²) < 4.78 is 7.51. The van der Waals surface area contributed by atoms with Crippen LogP contribution in [0.1, 0.15) is 26.7 Å². The quantitative estimate of drug-likeness (QED) is 0.459. The molecule has 2 heterocycles. The molecule has 2 aliphatic heterocycles. The molecule has 2 fully saturated rings. The molecule has 0 amide bonds. The molecule has 2 rings (SSSR count). The number of aliphatic hydroxyl groups excluding tert-OH is 1. The van der Waals surface area contributed by atoms with E-state index in [1.807, 2.05) is 0 Å². The van der Waals surface area contributed by atoms with Crippen LogP contribution in [0.5, 0.6) is 0 Å². The van der Waals surface area contributed by atoms with Gasteiger partial charge in [0.25, 0.3) is 0 Å². The zero-order valence-corrected chi connectivity index (χ0v) is 10.5. The summed E-state index contributed by atoms with van der Waals surface area (Å²) in [4.78, 5) is 0. The molecule has 0 saturated carbocycles. The molecule has 0 bridgehead atoms. The number of aliphatic hydroxyl groups is 1. The molecular formula is C10H18IO2-. The minimum absolute atomic E-state index is 0.0505. The second kappa shape index (κ2) is 3.35. The van der Waals surface area contributed by atoms with E-state index in [0.717, 1.165) is 6.61 Å². The van der Waals surface area contributed by atoms with Crippen molar-refractivity contribution < 1.29 is 31.0 Å². The number of halogens is 1. The van der Waals surface area contributed by atoms with E-state index in [0.29, 0.717) is 5.92 Å². The van der Waals surface area contributed by atoms with Crippen LogP contribution in [0.25, 0.3) is 0 Å². The summed E-state index contributed by atoms with van der Waals surface area (Å²) in [5, 5.41) is 9.41. The Hall–Kier alpha value is 0.650. The Morgan fingerprint density at radius 2 is 2.31 bits per heavy atom. The van der Waals surface area contributed by atoms with Gasteiger partial charge < -0.3 is 0 Å². The maximum absolute atomic E-state index is 9.41. The number of fused-ring (bicyclic) bond motifs is 1. The van der Waals surface area contributed by atoms with Gasteiger partial charge in [0, 0.05) is 0 Å². The van der Waals surface area contributed by atoms with Crippen LogP contribution in [-0.2, 0) is 4.74 Å². The molecule has 1 N–H and O–H groups in total. The van der Waals surface area contributed by atoms with Crippen molar-refractivity contribution in [3.63, 3.8) is 0 Å². The van der Waals surface area contributed by atoms with Crippen molar-refractivity contribution in [1.82, 2.24) is 0 Å². The van der Waals surface area contributed by atoms with Gasteiger partial charge in [0.1, 0.15) is 0 Å². The first kappa shape index (κ1) is 10.2. The zero-order chi connectivity index (χ0) is 9.53. The third-order valence-electron chi connectivity index (χ3n) is 3.50. The van der Waals surface area contributed by atoms with E-state index in [9.17, 15) is 5.11 Å². The van der Waals surface area contributed by atoms with E-state index in [1.165, 1.54) is 17.3 Å². The van der Waals surface area contributed by atoms with Gasteiger partial charge in [-0.15, -0.1) is 0 Å². The maximum atomic E-state index is 9.41. The van der Waals surface area contributed by atoms with E-state index in [-0.39, 0.29) is 36.8 Å². The second-order valence-electron chi connectivity index (χ2n) is 4.60. The van der Waals surface area contributed by atoms with Gasteiger partial charge in [-0.1, -0.05) is 0 Å². The van der Waals surface area contributed by atoms with Crippen molar-refractivity contribution in [2.75, 3.05) is 17.6 Å². The standard InChI is InChI=1S/C10H18IO2/c1-9(6-12)7-13-10(2)8(9)4-3-5-11-10/h8,12H,3-7H2,1-2H3/q-1/t8-,9?,10+/m0/s1. The Labute approximate surface area is 90.3 Å². The molecule has 0 aromatic carbocycles. The molecule has 0 spiro atoms. The summed E-state index contributed by atoms with van der Waals surface area (Å²) >= 11 is 0.188. The van der Waals surface area contributed by atoms with Crippen molar-refractivity contribution in [3.8, 4) is 0 Å². The fraction of sp³-hybridized carbons (Fsp3) is 1.00. The van der Waals surface area contributed by atoms with Gasteiger partial charge in [0.15, 0.2) is 0 Å². The average Bonchev–Trinajstić information content (AvgIpc) is 2.41. The topological polar surface area (TPSA) is 29.5 Å². The summed E-state index contributed by atoms with van der Waals surface area (Å²) in [5.74, 6) is 0.617.